The van der Waals surface area contributed by atoms with Crippen LogP contribution in [0.4, 0.5) is 4.39 Å². The van der Waals surface area contributed by atoms with E-state index in [1.807, 2.05) is 36.4 Å². The Morgan fingerprint density at radius 3 is 2.17 bits per heavy atom. The predicted molar refractivity (Wildman–Crippen MR) is 132 cm³/mol. The maximum Gasteiger partial charge on any atom is 0.330 e. The second-order valence-corrected chi connectivity index (χ2v) is 9.58. The van der Waals surface area contributed by atoms with Gasteiger partial charge in [-0.15, -0.1) is 0 Å². The summed E-state index contributed by atoms with van der Waals surface area (Å²) in [7, 11) is 1.20. The lowest BCUT2D eigenvalue weighted by Gasteiger charge is -2.34. The lowest BCUT2D eigenvalue weighted by molar-refractivity contribution is -0.143. The van der Waals surface area contributed by atoms with Crippen molar-refractivity contribution in [3.63, 3.8) is 0 Å². The summed E-state index contributed by atoms with van der Waals surface area (Å²) in [5, 5.41) is 11.7. The van der Waals surface area contributed by atoms with Gasteiger partial charge in [-0.2, -0.15) is 0 Å². The molecule has 7 nitrogen and oxygen atoms in total. The molecule has 1 aliphatic heterocycles. The van der Waals surface area contributed by atoms with Crippen LogP contribution in [0.25, 0.3) is 11.1 Å². The van der Waals surface area contributed by atoms with E-state index in [1.165, 1.54) is 7.11 Å². The predicted octanol–water partition coefficient (Wildman–Crippen LogP) is 3.46. The van der Waals surface area contributed by atoms with Crippen molar-refractivity contribution < 1.29 is 28.6 Å². The van der Waals surface area contributed by atoms with Gasteiger partial charge in [0.05, 0.1) is 20.3 Å². The summed E-state index contributed by atoms with van der Waals surface area (Å²) in [6.07, 6.45) is 2.01. The number of piperidine rings is 1. The molecule has 0 aliphatic carbocycles. The fourth-order valence-corrected chi connectivity index (χ4v) is 4.18. The van der Waals surface area contributed by atoms with Crippen LogP contribution in [0.15, 0.2) is 48.5 Å². The number of amides is 1. The van der Waals surface area contributed by atoms with Gasteiger partial charge >= 0.3 is 5.97 Å². The van der Waals surface area contributed by atoms with Crippen LogP contribution >= 0.6 is 0 Å². The van der Waals surface area contributed by atoms with E-state index in [0.29, 0.717) is 24.6 Å². The monoisotopic (exact) mass is 486 g/mol. The van der Waals surface area contributed by atoms with Crippen molar-refractivity contribution in [3.8, 4) is 16.9 Å². The molecule has 0 unspecified atom stereocenters. The Morgan fingerprint density at radius 2 is 1.66 bits per heavy atom. The van der Waals surface area contributed by atoms with Crippen LogP contribution < -0.4 is 10.1 Å². The van der Waals surface area contributed by atoms with Gasteiger partial charge in [-0.3, -0.25) is 4.79 Å². The highest BCUT2D eigenvalue weighted by Crippen LogP contribution is 2.25. The van der Waals surface area contributed by atoms with Crippen molar-refractivity contribution in [3.05, 3.63) is 54.1 Å². The molecule has 0 spiro atoms. The number of carbonyl (C=O) groups excluding carboxylic acids is 2. The average molecular weight is 487 g/mol. The third kappa shape index (κ3) is 8.04. The number of likely N-dealkylation sites (tertiary alicyclic amines) is 1. The molecule has 1 fully saturated rings. The van der Waals surface area contributed by atoms with Crippen molar-refractivity contribution in [1.82, 2.24) is 10.2 Å². The molecule has 1 amide bonds. The van der Waals surface area contributed by atoms with E-state index in [1.54, 1.807) is 26.0 Å². The van der Waals surface area contributed by atoms with E-state index >= 15 is 0 Å². The van der Waals surface area contributed by atoms with Crippen LogP contribution in [0.3, 0.4) is 0 Å². The number of carbonyl (C=O) groups is 2. The normalized spacial score (nSPS) is 15.9. The first-order valence-electron chi connectivity index (χ1n) is 11.9. The Morgan fingerprint density at radius 1 is 1.09 bits per heavy atom. The molecule has 2 aromatic rings. The van der Waals surface area contributed by atoms with Gasteiger partial charge in [0.2, 0.25) is 0 Å². The summed E-state index contributed by atoms with van der Waals surface area (Å²) in [4.78, 5) is 26.1. The molecule has 3 rings (SSSR count). The number of hydrogen-bond acceptors (Lipinski definition) is 6. The Bertz CT molecular complexity index is 965. The zero-order chi connectivity index (χ0) is 25.4. The van der Waals surface area contributed by atoms with Gasteiger partial charge in [-0.05, 0) is 81.1 Å². The third-order valence-electron chi connectivity index (χ3n) is 6.10. The molecule has 1 saturated heterocycles. The molecule has 1 heterocycles. The molecule has 190 valence electrons. The van der Waals surface area contributed by atoms with E-state index in [4.69, 9.17) is 4.74 Å². The topological polar surface area (TPSA) is 88.1 Å². The fraction of sp³-hybridized carbons (Fsp3) is 0.481. The van der Waals surface area contributed by atoms with Crippen molar-refractivity contribution >= 4 is 11.9 Å². The molecule has 0 radical (unpaired) electrons. The molecule has 8 heteroatoms. The second-order valence-electron chi connectivity index (χ2n) is 9.58. The minimum absolute atomic E-state index is 0.372. The van der Waals surface area contributed by atoms with Crippen molar-refractivity contribution in [2.45, 2.75) is 38.4 Å². The van der Waals surface area contributed by atoms with Crippen molar-refractivity contribution in [1.29, 1.82) is 0 Å². The molecule has 0 saturated carbocycles. The number of ether oxygens (including phenoxy) is 2. The molecule has 1 atom stereocenters. The van der Waals surface area contributed by atoms with E-state index in [0.717, 1.165) is 42.8 Å². The first-order chi connectivity index (χ1) is 16.7. The van der Waals surface area contributed by atoms with Crippen molar-refractivity contribution in [2.24, 2.45) is 5.92 Å². The maximum absolute atomic E-state index is 13.8. The van der Waals surface area contributed by atoms with Gasteiger partial charge in [0.25, 0.3) is 5.91 Å². The third-order valence-corrected chi connectivity index (χ3v) is 6.10. The number of aliphatic hydroxyl groups is 1. The first kappa shape index (κ1) is 26.6. The Kier molecular flexibility index (Phi) is 9.23. The number of nitrogens with zero attached hydrogens (tertiary/aromatic N) is 1. The molecule has 2 N–H and O–H groups in total. The fourth-order valence-electron chi connectivity index (χ4n) is 4.18. The van der Waals surface area contributed by atoms with Gasteiger partial charge in [0.1, 0.15) is 11.4 Å². The molecular weight excluding hydrogens is 451 g/mol. The highest BCUT2D eigenvalue weighted by atomic mass is 19.1. The Balaban J connectivity index is 1.49. The largest absolute Gasteiger partial charge is 0.493 e. The number of aliphatic hydroxyl groups excluding tert-OH is 1. The second kappa shape index (κ2) is 12.1. The molecule has 1 aliphatic rings. The summed E-state index contributed by atoms with van der Waals surface area (Å²) < 4.78 is 24.4. The minimum atomic E-state index is -1.16. The van der Waals surface area contributed by atoms with Crippen LogP contribution in [0.2, 0.25) is 0 Å². The zero-order valence-corrected chi connectivity index (χ0v) is 20.6. The quantitative estimate of drug-likeness (QED) is 0.500. The number of halogens is 1. The van der Waals surface area contributed by atoms with Gasteiger partial charge < -0.3 is 24.8 Å². The van der Waals surface area contributed by atoms with E-state index in [9.17, 15) is 19.1 Å². The van der Waals surface area contributed by atoms with Gasteiger partial charge in [-0.25, -0.2) is 9.18 Å². The van der Waals surface area contributed by atoms with Crippen molar-refractivity contribution in [2.75, 3.05) is 40.0 Å². The summed E-state index contributed by atoms with van der Waals surface area (Å²) in [6, 6.07) is 13.7. The summed E-state index contributed by atoms with van der Waals surface area (Å²) >= 11 is 0. The first-order valence-corrected chi connectivity index (χ1v) is 11.9. The summed E-state index contributed by atoms with van der Waals surface area (Å²) in [5.74, 6) is 0.0990. The lowest BCUT2D eigenvalue weighted by atomic mass is 9.97. The standard InChI is InChI=1S/C27H35FN2O5/c1-27(2,28)18-30-14-12-19(13-15-30)17-35-23-10-8-21(9-11-23)20-4-6-22(7-5-20)25(32)29-24(16-31)26(33)34-3/h4-11,19,24,31H,12-18H2,1-3H3,(H,29,32)/t24-/m0/s1. The zero-order valence-electron chi connectivity index (χ0n) is 20.6. The number of nitrogens with one attached hydrogen (secondary N) is 1. The molecule has 0 bridgehead atoms. The number of benzene rings is 2. The Labute approximate surface area is 206 Å². The number of hydrogen-bond donors (Lipinski definition) is 2. The molecule has 35 heavy (non-hydrogen) atoms. The smallest absolute Gasteiger partial charge is 0.330 e. The number of esters is 1. The highest BCUT2D eigenvalue weighted by molar-refractivity contribution is 5.97. The van der Waals surface area contributed by atoms with Gasteiger partial charge in [0.15, 0.2) is 6.04 Å². The minimum Gasteiger partial charge on any atom is -0.493 e. The molecular formula is C27H35FN2O5. The number of rotatable bonds is 10. The van der Waals surface area contributed by atoms with Crippen LogP contribution in [0.5, 0.6) is 5.75 Å². The van der Waals surface area contributed by atoms with Gasteiger partial charge in [-0.1, -0.05) is 24.3 Å². The van der Waals surface area contributed by atoms with Crippen LogP contribution in [-0.2, 0) is 9.53 Å². The SMILES string of the molecule is COC(=O)[C@H](CO)NC(=O)c1ccc(-c2ccc(OCC3CCN(CC(C)(C)F)CC3)cc2)cc1. The van der Waals surface area contributed by atoms with E-state index in [-0.39, 0.29) is 0 Å². The summed E-state index contributed by atoms with van der Waals surface area (Å²) in [6.45, 7) is 5.63. The average Bonchev–Trinajstić information content (AvgIpc) is 2.85. The van der Waals surface area contributed by atoms with Gasteiger partial charge in [0, 0.05) is 12.1 Å². The maximum atomic E-state index is 13.8. The number of methoxy groups -OCH3 is 1. The van der Waals surface area contributed by atoms with Crippen LogP contribution in [-0.4, -0.2) is 73.6 Å². The Hall–Kier alpha value is -2.97. The van der Waals surface area contributed by atoms with Crippen LogP contribution in [0.1, 0.15) is 37.0 Å². The lowest BCUT2D eigenvalue weighted by Crippen LogP contribution is -2.44. The molecule has 0 aromatic heterocycles. The summed E-state index contributed by atoms with van der Waals surface area (Å²) in [5.41, 5.74) is 1.13. The highest BCUT2D eigenvalue weighted by Gasteiger charge is 2.25. The van der Waals surface area contributed by atoms with Crippen LogP contribution in [0, 0.1) is 5.92 Å². The molecule has 2 aromatic carbocycles. The van der Waals surface area contributed by atoms with E-state index < -0.39 is 30.2 Å². The number of alkyl halides is 1. The van der Waals surface area contributed by atoms with E-state index in [2.05, 4.69) is 15.0 Å².